The Labute approximate surface area is 114 Å². The standard InChI is InChI=1S/C14H25NO4/c1-9(2)14(4,13(18)19)7-12(17)15-6-5-11(8-15)10(3)16/h9-11,16H,5-8H2,1-4H3,(H,18,19). The highest BCUT2D eigenvalue weighted by molar-refractivity contribution is 5.85. The Morgan fingerprint density at radius 3 is 2.32 bits per heavy atom. The molecular formula is C14H25NO4. The molecule has 1 saturated heterocycles. The van der Waals surface area contributed by atoms with Gasteiger partial charge in [0.15, 0.2) is 0 Å². The first-order valence-electron chi connectivity index (χ1n) is 6.87. The summed E-state index contributed by atoms with van der Waals surface area (Å²) in [4.78, 5) is 25.3. The monoisotopic (exact) mass is 271 g/mol. The number of aliphatic hydroxyl groups excluding tert-OH is 1. The Bertz CT molecular complexity index is 353. The molecular weight excluding hydrogens is 246 g/mol. The number of carbonyl (C=O) groups is 2. The van der Waals surface area contributed by atoms with Crippen molar-refractivity contribution in [1.82, 2.24) is 4.90 Å². The summed E-state index contributed by atoms with van der Waals surface area (Å²) >= 11 is 0. The molecule has 0 spiro atoms. The summed E-state index contributed by atoms with van der Waals surface area (Å²) in [5.41, 5.74) is -1.03. The maximum Gasteiger partial charge on any atom is 0.310 e. The van der Waals surface area contributed by atoms with Gasteiger partial charge in [-0.15, -0.1) is 0 Å². The van der Waals surface area contributed by atoms with Crippen LogP contribution in [0.3, 0.4) is 0 Å². The average Bonchev–Trinajstić information content (AvgIpc) is 2.77. The maximum atomic E-state index is 12.2. The van der Waals surface area contributed by atoms with Gasteiger partial charge in [0.05, 0.1) is 11.5 Å². The summed E-state index contributed by atoms with van der Waals surface area (Å²) in [6.07, 6.45) is 0.384. The lowest BCUT2D eigenvalue weighted by Crippen LogP contribution is -2.40. The molecule has 3 unspecified atom stereocenters. The molecule has 0 radical (unpaired) electrons. The van der Waals surface area contributed by atoms with Crippen molar-refractivity contribution in [2.45, 2.75) is 46.6 Å². The number of amides is 1. The molecule has 110 valence electrons. The number of carboxylic acids is 1. The van der Waals surface area contributed by atoms with Crippen LogP contribution in [0.4, 0.5) is 0 Å². The van der Waals surface area contributed by atoms with Crippen molar-refractivity contribution < 1.29 is 19.8 Å². The van der Waals surface area contributed by atoms with E-state index in [0.29, 0.717) is 13.1 Å². The molecule has 1 aliphatic rings. The lowest BCUT2D eigenvalue weighted by Gasteiger charge is -2.30. The maximum absolute atomic E-state index is 12.2. The number of rotatable bonds is 5. The number of likely N-dealkylation sites (tertiary alicyclic amines) is 1. The number of carboxylic acid groups (broad SMARTS) is 1. The summed E-state index contributed by atoms with van der Waals surface area (Å²) in [5.74, 6) is -1.05. The van der Waals surface area contributed by atoms with Crippen molar-refractivity contribution in [3.63, 3.8) is 0 Å². The third kappa shape index (κ3) is 3.47. The zero-order valence-corrected chi connectivity index (χ0v) is 12.2. The van der Waals surface area contributed by atoms with Crippen LogP contribution in [0.5, 0.6) is 0 Å². The average molecular weight is 271 g/mol. The first-order valence-corrected chi connectivity index (χ1v) is 6.87. The molecule has 0 aliphatic carbocycles. The topological polar surface area (TPSA) is 77.8 Å². The van der Waals surface area contributed by atoms with Gasteiger partial charge >= 0.3 is 5.97 Å². The zero-order valence-electron chi connectivity index (χ0n) is 12.2. The Balaban J connectivity index is 2.67. The van der Waals surface area contributed by atoms with E-state index in [2.05, 4.69) is 0 Å². The first-order chi connectivity index (χ1) is 8.68. The fourth-order valence-electron chi connectivity index (χ4n) is 2.36. The molecule has 1 heterocycles. The number of carbonyl (C=O) groups excluding carboxylic acids is 1. The van der Waals surface area contributed by atoms with Crippen molar-refractivity contribution in [3.05, 3.63) is 0 Å². The number of hydrogen-bond acceptors (Lipinski definition) is 3. The minimum atomic E-state index is -1.03. The molecule has 5 nitrogen and oxygen atoms in total. The highest BCUT2D eigenvalue weighted by atomic mass is 16.4. The van der Waals surface area contributed by atoms with E-state index in [1.165, 1.54) is 0 Å². The summed E-state index contributed by atoms with van der Waals surface area (Å²) < 4.78 is 0. The van der Waals surface area contributed by atoms with Gasteiger partial charge in [-0.3, -0.25) is 9.59 Å². The molecule has 1 aliphatic heterocycles. The van der Waals surface area contributed by atoms with Gasteiger partial charge < -0.3 is 15.1 Å². The predicted molar refractivity (Wildman–Crippen MR) is 71.6 cm³/mol. The second-order valence-corrected chi connectivity index (χ2v) is 6.18. The van der Waals surface area contributed by atoms with Gasteiger partial charge in [-0.1, -0.05) is 13.8 Å². The Morgan fingerprint density at radius 1 is 1.37 bits per heavy atom. The van der Waals surface area contributed by atoms with Crippen LogP contribution in [-0.2, 0) is 9.59 Å². The van der Waals surface area contributed by atoms with Crippen LogP contribution in [0.2, 0.25) is 0 Å². The smallest absolute Gasteiger partial charge is 0.310 e. The second-order valence-electron chi connectivity index (χ2n) is 6.18. The van der Waals surface area contributed by atoms with Gasteiger partial charge in [0.1, 0.15) is 0 Å². The number of aliphatic carboxylic acids is 1. The van der Waals surface area contributed by atoms with Gasteiger partial charge in [0.2, 0.25) is 5.91 Å². The quantitative estimate of drug-likeness (QED) is 0.791. The molecule has 1 fully saturated rings. The van der Waals surface area contributed by atoms with E-state index in [-0.39, 0.29) is 24.2 Å². The van der Waals surface area contributed by atoms with Gasteiger partial charge in [-0.2, -0.15) is 0 Å². The molecule has 1 amide bonds. The molecule has 2 N–H and O–H groups in total. The van der Waals surface area contributed by atoms with Crippen LogP contribution in [0.1, 0.15) is 40.5 Å². The Hall–Kier alpha value is -1.10. The molecule has 5 heteroatoms. The minimum absolute atomic E-state index is 0.0204. The zero-order chi connectivity index (χ0) is 14.8. The second kappa shape index (κ2) is 5.90. The van der Waals surface area contributed by atoms with E-state index in [4.69, 9.17) is 0 Å². The normalized spacial score (nSPS) is 24.3. The van der Waals surface area contributed by atoms with Crippen LogP contribution >= 0.6 is 0 Å². The van der Waals surface area contributed by atoms with Crippen molar-refractivity contribution in [3.8, 4) is 0 Å². The lowest BCUT2D eigenvalue weighted by atomic mass is 9.76. The van der Waals surface area contributed by atoms with Crippen molar-refractivity contribution in [2.24, 2.45) is 17.3 Å². The van der Waals surface area contributed by atoms with Crippen molar-refractivity contribution >= 4 is 11.9 Å². The largest absolute Gasteiger partial charge is 0.481 e. The van der Waals surface area contributed by atoms with Gasteiger partial charge in [-0.05, 0) is 26.2 Å². The van der Waals surface area contributed by atoms with Gasteiger partial charge in [0, 0.05) is 25.4 Å². The molecule has 0 bridgehead atoms. The SMILES string of the molecule is CC(O)C1CCN(C(=O)CC(C)(C(=O)O)C(C)C)C1. The van der Waals surface area contributed by atoms with E-state index in [9.17, 15) is 19.8 Å². The summed E-state index contributed by atoms with van der Waals surface area (Å²) in [6.45, 7) is 8.15. The van der Waals surface area contributed by atoms with Crippen molar-refractivity contribution in [2.75, 3.05) is 13.1 Å². The van der Waals surface area contributed by atoms with Crippen LogP contribution in [0.25, 0.3) is 0 Å². The van der Waals surface area contributed by atoms with Crippen LogP contribution in [0, 0.1) is 17.3 Å². The van der Waals surface area contributed by atoms with Crippen LogP contribution in [-0.4, -0.2) is 46.2 Å². The molecule has 0 aromatic rings. The summed E-state index contributed by atoms with van der Waals surface area (Å²) in [5, 5.41) is 18.9. The lowest BCUT2D eigenvalue weighted by molar-refractivity contribution is -0.155. The van der Waals surface area contributed by atoms with Gasteiger partial charge in [0.25, 0.3) is 0 Å². The fraction of sp³-hybridized carbons (Fsp3) is 0.857. The molecule has 19 heavy (non-hydrogen) atoms. The Kier molecular flexibility index (Phi) is 4.96. The summed E-state index contributed by atoms with van der Waals surface area (Å²) in [6, 6.07) is 0. The van der Waals surface area contributed by atoms with Gasteiger partial charge in [-0.25, -0.2) is 0 Å². The molecule has 0 saturated carbocycles. The van der Waals surface area contributed by atoms with E-state index in [1.54, 1.807) is 18.7 Å². The Morgan fingerprint density at radius 2 is 1.95 bits per heavy atom. The van der Waals surface area contributed by atoms with E-state index in [0.717, 1.165) is 6.42 Å². The van der Waals surface area contributed by atoms with E-state index >= 15 is 0 Å². The predicted octanol–water partition coefficient (Wildman–Crippen LogP) is 1.35. The molecule has 1 rings (SSSR count). The number of nitrogens with zero attached hydrogens (tertiary/aromatic N) is 1. The minimum Gasteiger partial charge on any atom is -0.481 e. The molecule has 3 atom stereocenters. The molecule has 0 aromatic carbocycles. The van der Waals surface area contributed by atoms with Crippen LogP contribution < -0.4 is 0 Å². The molecule has 0 aromatic heterocycles. The third-order valence-corrected chi connectivity index (χ3v) is 4.54. The highest BCUT2D eigenvalue weighted by Crippen LogP contribution is 2.33. The number of aliphatic hydroxyl groups is 1. The van der Waals surface area contributed by atoms with E-state index < -0.39 is 17.5 Å². The van der Waals surface area contributed by atoms with Crippen molar-refractivity contribution in [1.29, 1.82) is 0 Å². The fourth-order valence-corrected chi connectivity index (χ4v) is 2.36. The summed E-state index contributed by atoms with van der Waals surface area (Å²) in [7, 11) is 0. The van der Waals surface area contributed by atoms with Crippen LogP contribution in [0.15, 0.2) is 0 Å². The van der Waals surface area contributed by atoms with E-state index in [1.807, 2.05) is 13.8 Å². The number of hydrogen-bond donors (Lipinski definition) is 2. The highest BCUT2D eigenvalue weighted by Gasteiger charge is 2.41. The third-order valence-electron chi connectivity index (χ3n) is 4.54. The first kappa shape index (κ1) is 16.0.